The first-order valence-electron chi connectivity index (χ1n) is 7.85. The van der Waals surface area contributed by atoms with Crippen molar-refractivity contribution in [1.82, 2.24) is 19.5 Å². The largest absolute Gasteiger partial charge is 0.598 e. The molecule has 3 rings (SSSR count). The zero-order valence-corrected chi connectivity index (χ0v) is 14.9. The molecule has 0 bridgehead atoms. The maximum Gasteiger partial charge on any atom is 0.433 e. The number of rotatable bonds is 3. The summed E-state index contributed by atoms with van der Waals surface area (Å²) in [5.74, 6) is 0. The standard InChI is InChI=1S/C16H19F3N4OS/c1-15(2,3)25(24)22-11-5-7-23-13(11)9-12(21-23)10-4-6-20-14(8-10)16(17,18)19/h4,6,8-9,11,22H,5,7H2,1-3H3/t11-,25?/m0/s1. The van der Waals surface area contributed by atoms with Gasteiger partial charge in [-0.05, 0) is 45.4 Å². The molecule has 1 unspecified atom stereocenters. The number of pyridine rings is 1. The Morgan fingerprint density at radius 2 is 2.00 bits per heavy atom. The first kappa shape index (κ1) is 18.2. The van der Waals surface area contributed by atoms with Crippen molar-refractivity contribution in [3.05, 3.63) is 35.8 Å². The molecule has 0 amide bonds. The topological polar surface area (TPSA) is 65.8 Å². The summed E-state index contributed by atoms with van der Waals surface area (Å²) in [6, 6.07) is 4.11. The molecule has 9 heteroatoms. The number of nitrogens with one attached hydrogen (secondary N) is 1. The van der Waals surface area contributed by atoms with Gasteiger partial charge in [-0.3, -0.25) is 9.67 Å². The van der Waals surface area contributed by atoms with E-state index in [2.05, 4.69) is 14.8 Å². The highest BCUT2D eigenvalue weighted by atomic mass is 32.2. The van der Waals surface area contributed by atoms with Gasteiger partial charge < -0.3 is 4.55 Å². The Hall–Kier alpha value is -1.58. The van der Waals surface area contributed by atoms with Gasteiger partial charge in [0.25, 0.3) is 0 Å². The fraction of sp³-hybridized carbons (Fsp3) is 0.500. The van der Waals surface area contributed by atoms with E-state index < -0.39 is 28.0 Å². The number of hydrogen-bond acceptors (Lipinski definition) is 4. The van der Waals surface area contributed by atoms with Crippen LogP contribution in [0.4, 0.5) is 13.2 Å². The number of fused-ring (bicyclic) bond motifs is 1. The van der Waals surface area contributed by atoms with Crippen LogP contribution in [0.2, 0.25) is 0 Å². The van der Waals surface area contributed by atoms with E-state index in [4.69, 9.17) is 0 Å². The fourth-order valence-electron chi connectivity index (χ4n) is 2.60. The van der Waals surface area contributed by atoms with Crippen LogP contribution in [0.3, 0.4) is 0 Å². The monoisotopic (exact) mass is 372 g/mol. The lowest BCUT2D eigenvalue weighted by Crippen LogP contribution is -2.40. The summed E-state index contributed by atoms with van der Waals surface area (Å²) in [6.07, 6.45) is -2.62. The molecule has 0 spiro atoms. The number of halogens is 3. The van der Waals surface area contributed by atoms with Crippen LogP contribution in [0.5, 0.6) is 0 Å². The van der Waals surface area contributed by atoms with Crippen molar-refractivity contribution in [2.75, 3.05) is 0 Å². The van der Waals surface area contributed by atoms with Gasteiger partial charge >= 0.3 is 6.18 Å². The van der Waals surface area contributed by atoms with Crippen molar-refractivity contribution >= 4 is 11.4 Å². The second kappa shape index (κ2) is 6.30. The number of nitrogens with zero attached hydrogens (tertiary/aromatic N) is 3. The molecule has 0 aromatic carbocycles. The van der Waals surface area contributed by atoms with Crippen molar-refractivity contribution < 1.29 is 17.7 Å². The highest BCUT2D eigenvalue weighted by Crippen LogP contribution is 2.34. The molecule has 1 aliphatic rings. The molecule has 2 aromatic heterocycles. The van der Waals surface area contributed by atoms with Gasteiger partial charge in [0.15, 0.2) is 0 Å². The van der Waals surface area contributed by atoms with Crippen LogP contribution in [0.1, 0.15) is 44.6 Å². The van der Waals surface area contributed by atoms with E-state index in [1.54, 1.807) is 10.7 Å². The third-order valence-corrected chi connectivity index (χ3v) is 5.56. The second-order valence-electron chi connectivity index (χ2n) is 6.95. The summed E-state index contributed by atoms with van der Waals surface area (Å²) in [7, 11) is 0. The van der Waals surface area contributed by atoms with Gasteiger partial charge in [0.05, 0.1) is 17.4 Å². The summed E-state index contributed by atoms with van der Waals surface area (Å²) >= 11 is -1.23. The van der Waals surface area contributed by atoms with Gasteiger partial charge in [-0.25, -0.2) is 0 Å². The summed E-state index contributed by atoms with van der Waals surface area (Å²) in [4.78, 5) is 3.37. The van der Waals surface area contributed by atoms with Crippen LogP contribution < -0.4 is 4.72 Å². The zero-order valence-electron chi connectivity index (χ0n) is 14.1. The Labute approximate surface area is 147 Å². The molecule has 5 nitrogen and oxygen atoms in total. The maximum absolute atomic E-state index is 12.8. The molecule has 0 radical (unpaired) electrons. The quantitative estimate of drug-likeness (QED) is 0.838. The lowest BCUT2D eigenvalue weighted by molar-refractivity contribution is -0.141. The first-order valence-corrected chi connectivity index (χ1v) is 9.00. The average Bonchev–Trinajstić information content (AvgIpc) is 3.07. The lowest BCUT2D eigenvalue weighted by Gasteiger charge is -2.26. The minimum absolute atomic E-state index is 0.134. The highest BCUT2D eigenvalue weighted by molar-refractivity contribution is 7.90. The minimum atomic E-state index is -4.49. The Kier molecular flexibility index (Phi) is 4.59. The SMILES string of the molecule is CC(C)(C)[S+]([O-])N[C@H]1CCn2nc(-c3ccnc(C(F)(F)F)c3)cc21. The van der Waals surface area contributed by atoms with Crippen molar-refractivity contribution in [3.63, 3.8) is 0 Å². The number of aromatic nitrogens is 3. The predicted molar refractivity (Wildman–Crippen MR) is 88.8 cm³/mol. The third-order valence-electron chi connectivity index (χ3n) is 3.95. The molecule has 2 atom stereocenters. The van der Waals surface area contributed by atoms with Gasteiger partial charge in [0.1, 0.15) is 10.4 Å². The van der Waals surface area contributed by atoms with E-state index >= 15 is 0 Å². The normalized spacial score (nSPS) is 19.1. The van der Waals surface area contributed by atoms with E-state index in [0.29, 0.717) is 17.8 Å². The summed E-state index contributed by atoms with van der Waals surface area (Å²) in [6.45, 7) is 6.27. The lowest BCUT2D eigenvalue weighted by atomic mass is 10.1. The molecule has 0 saturated heterocycles. The smallest absolute Gasteiger partial charge is 0.433 e. The Morgan fingerprint density at radius 1 is 1.28 bits per heavy atom. The molecular formula is C16H19F3N4OS. The Bertz CT molecular complexity index is 769. The van der Waals surface area contributed by atoms with Gasteiger partial charge in [-0.1, -0.05) is 0 Å². The predicted octanol–water partition coefficient (Wildman–Crippen LogP) is 3.46. The van der Waals surface area contributed by atoms with Gasteiger partial charge in [-0.2, -0.15) is 18.3 Å². The van der Waals surface area contributed by atoms with E-state index in [9.17, 15) is 17.7 Å². The maximum atomic E-state index is 12.8. The first-order chi connectivity index (χ1) is 11.6. The third kappa shape index (κ3) is 3.83. The number of alkyl halides is 3. The van der Waals surface area contributed by atoms with Crippen LogP contribution in [-0.4, -0.2) is 24.1 Å². The molecule has 3 heterocycles. The molecule has 1 aliphatic heterocycles. The van der Waals surface area contributed by atoms with Crippen LogP contribution in [-0.2, 0) is 24.1 Å². The molecule has 0 saturated carbocycles. The molecule has 0 aliphatic carbocycles. The van der Waals surface area contributed by atoms with Crippen molar-refractivity contribution in [3.8, 4) is 11.3 Å². The molecule has 2 aromatic rings. The molecular weight excluding hydrogens is 353 g/mol. The van der Waals surface area contributed by atoms with Crippen molar-refractivity contribution in [2.24, 2.45) is 0 Å². The Morgan fingerprint density at radius 3 is 2.64 bits per heavy atom. The van der Waals surface area contributed by atoms with Crippen LogP contribution >= 0.6 is 0 Å². The zero-order chi connectivity index (χ0) is 18.4. The minimum Gasteiger partial charge on any atom is -0.598 e. The van der Waals surface area contributed by atoms with Crippen LogP contribution in [0.25, 0.3) is 11.3 Å². The molecule has 0 fully saturated rings. The summed E-state index contributed by atoms with van der Waals surface area (Å²) < 4.78 is 55.2. The highest BCUT2D eigenvalue weighted by Gasteiger charge is 2.35. The Balaban J connectivity index is 1.85. The van der Waals surface area contributed by atoms with E-state index in [0.717, 1.165) is 24.4 Å². The second-order valence-corrected chi connectivity index (χ2v) is 8.94. The molecule has 25 heavy (non-hydrogen) atoms. The van der Waals surface area contributed by atoms with E-state index in [-0.39, 0.29) is 6.04 Å². The van der Waals surface area contributed by atoms with Gasteiger partial charge in [0.2, 0.25) is 0 Å². The van der Waals surface area contributed by atoms with Gasteiger partial charge in [-0.15, -0.1) is 4.72 Å². The summed E-state index contributed by atoms with van der Waals surface area (Å²) in [5, 5.41) is 4.39. The summed E-state index contributed by atoms with van der Waals surface area (Å²) in [5.41, 5.74) is 0.704. The number of hydrogen-bond donors (Lipinski definition) is 1. The molecule has 1 N–H and O–H groups in total. The van der Waals surface area contributed by atoms with Crippen LogP contribution in [0.15, 0.2) is 24.4 Å². The van der Waals surface area contributed by atoms with Gasteiger partial charge in [0, 0.05) is 29.7 Å². The van der Waals surface area contributed by atoms with E-state index in [1.807, 2.05) is 20.8 Å². The average molecular weight is 372 g/mol. The van der Waals surface area contributed by atoms with Crippen LogP contribution in [0, 0.1) is 0 Å². The van der Waals surface area contributed by atoms with E-state index in [1.165, 1.54) is 6.07 Å². The van der Waals surface area contributed by atoms with Crippen molar-refractivity contribution in [1.29, 1.82) is 0 Å². The van der Waals surface area contributed by atoms with Crippen molar-refractivity contribution in [2.45, 2.75) is 50.7 Å². The fourth-order valence-corrected chi connectivity index (χ4v) is 3.45. The molecule has 136 valence electrons. The number of aryl methyl sites for hydroxylation is 1.